The molecule has 23 nitrogen and oxygen atoms in total. The number of pyridine rings is 1. The highest BCUT2D eigenvalue weighted by molar-refractivity contribution is 7.15. The number of allylic oxidation sites excluding steroid dienone is 2. The van der Waals surface area contributed by atoms with Crippen LogP contribution < -0.4 is 31.9 Å². The van der Waals surface area contributed by atoms with Crippen molar-refractivity contribution in [3.05, 3.63) is 100 Å². The largest absolute Gasteiger partial charge is 0.392 e. The van der Waals surface area contributed by atoms with Gasteiger partial charge in [-0.1, -0.05) is 12.2 Å². The third-order valence-electron chi connectivity index (χ3n) is 11.6. The minimum absolute atomic E-state index is 0.00194. The van der Waals surface area contributed by atoms with Crippen LogP contribution in [0.3, 0.4) is 0 Å². The van der Waals surface area contributed by atoms with E-state index in [-0.39, 0.29) is 50.7 Å². The number of methoxy groups -OCH3 is 1. The van der Waals surface area contributed by atoms with Gasteiger partial charge in [0.1, 0.15) is 93.7 Å². The molecular formula is C49H51N13O10S6. The Balaban J connectivity index is 1.16. The van der Waals surface area contributed by atoms with Gasteiger partial charge in [-0.15, -0.1) is 68.0 Å². The summed E-state index contributed by atoms with van der Waals surface area (Å²) in [6, 6.07) is 0.0736. The monoisotopic (exact) mass is 1170 g/mol. The van der Waals surface area contributed by atoms with Crippen LogP contribution in [0.25, 0.3) is 49.1 Å². The van der Waals surface area contributed by atoms with Gasteiger partial charge in [-0.25, -0.2) is 34.9 Å². The Bertz CT molecular complexity index is 3460. The van der Waals surface area contributed by atoms with Gasteiger partial charge in [-0.2, -0.15) is 0 Å². The van der Waals surface area contributed by atoms with Crippen LogP contribution in [0.15, 0.2) is 62.3 Å². The lowest BCUT2D eigenvalue weighted by molar-refractivity contribution is -0.124. The van der Waals surface area contributed by atoms with Gasteiger partial charge in [0, 0.05) is 51.5 Å². The van der Waals surface area contributed by atoms with Crippen molar-refractivity contribution >= 4 is 109 Å². The van der Waals surface area contributed by atoms with E-state index in [1.807, 2.05) is 0 Å². The Labute approximate surface area is 469 Å². The first kappa shape index (κ1) is 57.3. The smallest absolute Gasteiger partial charge is 0.275 e. The number of nitrogens with one attached hydrogen (secondary N) is 6. The number of carbonyl (C=O) groups excluding carboxylic acids is 6. The standard InChI is InChI=1S/C49H51N13O10S6/c1-9-24(37(65)50-13-20(3)63)52-38(66)28-16-75-46(57-28)32-19-76-45(59-32)26-12-11-23-35(51-26)27-14-77-47(54-27)34(22(5)72-8)61-40(68)30-18-78-48(58-30)36(49(6,7)71)62-41(69)31-17-74-44(56-31)25(10-2)53-42(70)33(21(4)64)60-39(67)29-15-73-43(23)55-29/h9-12,14-22,33-34,36,63-64,71H,13H2,1-8H3,(H,50,65)(H,52,66)(H,53,70)(H,60,67)(H,61,68)(H,62,69)/t20-,21-,22-,33+,34+,36-/m1/s1. The molecular weight excluding hydrogens is 1120 g/mol. The molecule has 0 aliphatic carbocycles. The molecule has 29 heteroatoms. The van der Waals surface area contributed by atoms with E-state index in [2.05, 4.69) is 51.8 Å². The number of carbonyl (C=O) groups is 6. The van der Waals surface area contributed by atoms with Gasteiger partial charge in [0.05, 0.1) is 35.3 Å². The third-order valence-corrected chi connectivity index (χ3v) is 16.9. The molecule has 7 aromatic heterocycles. The number of fused-ring (bicyclic) bond motifs is 11. The molecule has 9 N–H and O–H groups in total. The van der Waals surface area contributed by atoms with E-state index >= 15 is 0 Å². The maximum absolute atomic E-state index is 14.1. The zero-order chi connectivity index (χ0) is 56.2. The van der Waals surface area contributed by atoms with E-state index in [0.717, 1.165) is 34.0 Å². The highest BCUT2D eigenvalue weighted by Crippen LogP contribution is 2.39. The molecule has 1 aliphatic rings. The van der Waals surface area contributed by atoms with E-state index in [4.69, 9.17) is 19.7 Å². The molecule has 0 saturated carbocycles. The van der Waals surface area contributed by atoms with Crippen molar-refractivity contribution in [1.29, 1.82) is 0 Å². The molecule has 0 radical (unpaired) electrons. The topological polar surface area (TPSA) is 335 Å². The van der Waals surface area contributed by atoms with E-state index < -0.39 is 77.5 Å². The SMILES string of the molecule is CC=C(NC(=O)c1csc(-c2csc(-c3ccc4c(n3)-c3csc(n3)[C@H]([C@@H](C)OC)NC(=O)c3csc(n3)[C@H](C(C)(C)O)NC(=O)c3csc(n3)C(=CC)NC(=O)[C@H]([C@@H](C)O)NC(=O)c3csc-4n3)n2)n1)C(=O)NC[C@@H](C)O. The van der Waals surface area contributed by atoms with Crippen molar-refractivity contribution in [3.8, 4) is 43.4 Å². The van der Waals surface area contributed by atoms with Crippen LogP contribution in [0.1, 0.15) is 118 Å². The van der Waals surface area contributed by atoms with E-state index in [1.165, 1.54) is 96.4 Å². The fraction of sp³-hybridized carbons (Fsp3) is 0.327. The summed E-state index contributed by atoms with van der Waals surface area (Å²) >= 11 is 6.87. The number of ether oxygens (including phenoxy) is 1. The lowest BCUT2D eigenvalue weighted by Crippen LogP contribution is -2.52. The van der Waals surface area contributed by atoms with Crippen LogP contribution in [0.4, 0.5) is 0 Å². The molecule has 0 aromatic carbocycles. The molecule has 78 heavy (non-hydrogen) atoms. The van der Waals surface area contributed by atoms with Crippen LogP contribution in [0, 0.1) is 0 Å². The minimum Gasteiger partial charge on any atom is -0.392 e. The number of hydrogen-bond donors (Lipinski definition) is 9. The number of hydrogen-bond acceptors (Lipinski definition) is 23. The van der Waals surface area contributed by atoms with Crippen LogP contribution in [0.2, 0.25) is 0 Å². The number of amides is 6. The molecule has 0 unspecified atom stereocenters. The average molecular weight is 1170 g/mol. The van der Waals surface area contributed by atoms with Crippen molar-refractivity contribution in [3.63, 3.8) is 0 Å². The second kappa shape index (κ2) is 24.4. The zero-order valence-corrected chi connectivity index (χ0v) is 47.6. The quantitative estimate of drug-likeness (QED) is 0.0738. The van der Waals surface area contributed by atoms with E-state index in [1.54, 1.807) is 49.7 Å². The molecule has 8 heterocycles. The molecule has 1 aliphatic heterocycles. The molecule has 6 atom stereocenters. The van der Waals surface area contributed by atoms with Crippen LogP contribution in [-0.4, -0.2) is 129 Å². The van der Waals surface area contributed by atoms with Gasteiger partial charge in [-0.3, -0.25) is 28.8 Å². The molecule has 8 bridgehead atoms. The van der Waals surface area contributed by atoms with Crippen LogP contribution in [-0.2, 0) is 14.3 Å². The highest BCUT2D eigenvalue weighted by Gasteiger charge is 2.36. The Morgan fingerprint density at radius 3 is 1.92 bits per heavy atom. The van der Waals surface area contributed by atoms with Gasteiger partial charge in [0.2, 0.25) is 5.91 Å². The lowest BCUT2D eigenvalue weighted by Gasteiger charge is -2.28. The number of aliphatic hydroxyl groups excluding tert-OH is 2. The summed E-state index contributed by atoms with van der Waals surface area (Å²) in [5.41, 5.74) is 0.560. The van der Waals surface area contributed by atoms with Crippen LogP contribution >= 0.6 is 68.0 Å². The van der Waals surface area contributed by atoms with Gasteiger partial charge >= 0.3 is 0 Å². The van der Waals surface area contributed by atoms with Gasteiger partial charge in [-0.05, 0) is 60.6 Å². The molecule has 0 spiro atoms. The Morgan fingerprint density at radius 2 is 1.26 bits per heavy atom. The van der Waals surface area contributed by atoms with Crippen molar-refractivity contribution in [1.82, 2.24) is 66.8 Å². The van der Waals surface area contributed by atoms with E-state index in [0.29, 0.717) is 48.4 Å². The summed E-state index contributed by atoms with van der Waals surface area (Å²) < 4.78 is 5.75. The average Bonchev–Trinajstić information content (AvgIpc) is 4.28. The summed E-state index contributed by atoms with van der Waals surface area (Å²) in [5, 5.41) is 59.5. The number of rotatable bonds is 11. The maximum atomic E-state index is 14.1. The van der Waals surface area contributed by atoms with Gasteiger partial charge in [0.25, 0.3) is 29.5 Å². The number of aliphatic hydroxyl groups is 3. The molecule has 0 saturated heterocycles. The lowest BCUT2D eigenvalue weighted by atomic mass is 9.99. The highest BCUT2D eigenvalue weighted by atomic mass is 32.1. The zero-order valence-electron chi connectivity index (χ0n) is 42.7. The summed E-state index contributed by atoms with van der Waals surface area (Å²) in [6.07, 6.45) is 0.196. The first-order valence-corrected chi connectivity index (χ1v) is 29.0. The molecule has 0 fully saturated rings. The summed E-state index contributed by atoms with van der Waals surface area (Å²) in [6.45, 7) is 10.8. The number of nitrogens with zero attached hydrogens (tertiary/aromatic N) is 7. The molecule has 6 amide bonds. The molecule has 408 valence electrons. The van der Waals surface area contributed by atoms with Crippen molar-refractivity contribution < 1.29 is 48.8 Å². The van der Waals surface area contributed by atoms with Crippen LogP contribution in [0.5, 0.6) is 0 Å². The van der Waals surface area contributed by atoms with Crippen molar-refractivity contribution in [2.45, 2.75) is 90.5 Å². The Morgan fingerprint density at radius 1 is 0.692 bits per heavy atom. The first-order valence-electron chi connectivity index (χ1n) is 23.7. The molecule has 8 rings (SSSR count). The Hall–Kier alpha value is -6.93. The first-order chi connectivity index (χ1) is 37.1. The minimum atomic E-state index is -1.58. The number of thiazole rings is 6. The predicted molar refractivity (Wildman–Crippen MR) is 297 cm³/mol. The maximum Gasteiger partial charge on any atom is 0.275 e. The third kappa shape index (κ3) is 13.0. The fourth-order valence-electron chi connectivity index (χ4n) is 7.34. The Kier molecular flexibility index (Phi) is 17.9. The summed E-state index contributed by atoms with van der Waals surface area (Å²) in [7, 11) is 1.49. The summed E-state index contributed by atoms with van der Waals surface area (Å²) in [5.74, 6) is -4.00. The van der Waals surface area contributed by atoms with Gasteiger partial charge in [0.15, 0.2) is 0 Å². The van der Waals surface area contributed by atoms with Crippen molar-refractivity contribution in [2.24, 2.45) is 0 Å². The second-order valence-corrected chi connectivity index (χ2v) is 23.1. The number of aromatic nitrogens is 7. The van der Waals surface area contributed by atoms with E-state index in [9.17, 15) is 44.1 Å². The normalized spacial score (nSPS) is 18.5. The van der Waals surface area contributed by atoms with Crippen molar-refractivity contribution in [2.75, 3.05) is 13.7 Å². The predicted octanol–water partition coefficient (Wildman–Crippen LogP) is 5.34. The second-order valence-electron chi connectivity index (χ2n) is 17.9. The fourth-order valence-corrected chi connectivity index (χ4v) is 12.6. The van der Waals surface area contributed by atoms with Gasteiger partial charge < -0.3 is 52.0 Å². The summed E-state index contributed by atoms with van der Waals surface area (Å²) in [4.78, 5) is 114. The molecule has 7 aromatic rings.